The first-order valence-electron chi connectivity index (χ1n) is 5.45. The maximum atomic E-state index is 9.97. The zero-order valence-electron chi connectivity index (χ0n) is 9.81. The smallest absolute Gasteiger partial charge is 0.160 e. The second-order valence-corrected chi connectivity index (χ2v) is 4.22. The fourth-order valence-electron chi connectivity index (χ4n) is 1.82. The predicted molar refractivity (Wildman–Crippen MR) is 64.1 cm³/mol. The van der Waals surface area contributed by atoms with Gasteiger partial charge < -0.3 is 5.11 Å². The van der Waals surface area contributed by atoms with E-state index >= 15 is 0 Å². The molecule has 0 amide bonds. The van der Waals surface area contributed by atoms with Gasteiger partial charge in [-0.15, -0.1) is 0 Å². The number of rotatable bonds is 2. The molecule has 1 aromatic carbocycles. The first-order chi connectivity index (χ1) is 7.61. The summed E-state index contributed by atoms with van der Waals surface area (Å²) in [5, 5.41) is 14.3. The minimum Gasteiger partial charge on any atom is -0.504 e. The Balaban J connectivity index is 2.62. The summed E-state index contributed by atoms with van der Waals surface area (Å²) >= 11 is 0. The van der Waals surface area contributed by atoms with E-state index in [9.17, 15) is 5.11 Å². The highest BCUT2D eigenvalue weighted by atomic mass is 16.3. The molecule has 0 saturated heterocycles. The number of nitrogens with zero attached hydrogens (tertiary/aromatic N) is 2. The lowest BCUT2D eigenvalue weighted by Gasteiger charge is -2.10. The van der Waals surface area contributed by atoms with Crippen molar-refractivity contribution in [2.24, 2.45) is 0 Å². The summed E-state index contributed by atoms with van der Waals surface area (Å²) in [4.78, 5) is 0. The fraction of sp³-hybridized carbons (Fsp3) is 0.308. The summed E-state index contributed by atoms with van der Waals surface area (Å²) in [7, 11) is 0. The highest BCUT2D eigenvalue weighted by Crippen LogP contribution is 2.30. The second-order valence-electron chi connectivity index (χ2n) is 4.22. The molecule has 1 aromatic heterocycles. The van der Waals surface area contributed by atoms with Crippen molar-refractivity contribution in [2.75, 3.05) is 0 Å². The molecular weight excluding hydrogens is 200 g/mol. The highest BCUT2D eigenvalue weighted by Gasteiger charge is 2.17. The van der Waals surface area contributed by atoms with Gasteiger partial charge in [-0.25, -0.2) is 4.68 Å². The van der Waals surface area contributed by atoms with Gasteiger partial charge in [-0.05, 0) is 25.0 Å². The van der Waals surface area contributed by atoms with Crippen LogP contribution in [0.15, 0.2) is 30.3 Å². The Morgan fingerprint density at radius 1 is 1.19 bits per heavy atom. The van der Waals surface area contributed by atoms with Crippen molar-refractivity contribution in [3.63, 3.8) is 0 Å². The molecule has 84 valence electrons. The van der Waals surface area contributed by atoms with Crippen LogP contribution in [0.25, 0.3) is 5.69 Å². The quantitative estimate of drug-likeness (QED) is 0.838. The SMILES string of the molecule is Cc1nn(-c2ccccc2)c(C(C)C)c1O. The second kappa shape index (κ2) is 4.00. The maximum absolute atomic E-state index is 9.97. The Morgan fingerprint density at radius 2 is 1.81 bits per heavy atom. The Morgan fingerprint density at radius 3 is 2.38 bits per heavy atom. The van der Waals surface area contributed by atoms with Crippen molar-refractivity contribution in [1.29, 1.82) is 0 Å². The fourth-order valence-corrected chi connectivity index (χ4v) is 1.82. The number of aryl methyl sites for hydroxylation is 1. The van der Waals surface area contributed by atoms with Crippen LogP contribution < -0.4 is 0 Å². The first kappa shape index (κ1) is 10.7. The van der Waals surface area contributed by atoms with E-state index in [1.165, 1.54) is 0 Å². The van der Waals surface area contributed by atoms with Crippen LogP contribution in [0, 0.1) is 6.92 Å². The minimum absolute atomic E-state index is 0.237. The lowest BCUT2D eigenvalue weighted by molar-refractivity contribution is 0.459. The number of aromatic hydroxyl groups is 1. The number of aromatic nitrogens is 2. The van der Waals surface area contributed by atoms with E-state index in [1.807, 2.05) is 41.9 Å². The summed E-state index contributed by atoms with van der Waals surface area (Å²) in [6.07, 6.45) is 0. The molecule has 0 saturated carbocycles. The Labute approximate surface area is 95.3 Å². The molecule has 16 heavy (non-hydrogen) atoms. The monoisotopic (exact) mass is 216 g/mol. The summed E-state index contributed by atoms with van der Waals surface area (Å²) in [6, 6.07) is 9.87. The van der Waals surface area contributed by atoms with Crippen molar-refractivity contribution in [1.82, 2.24) is 9.78 Å². The number of hydrogen-bond donors (Lipinski definition) is 1. The van der Waals surface area contributed by atoms with Gasteiger partial charge in [0.15, 0.2) is 5.75 Å². The van der Waals surface area contributed by atoms with Gasteiger partial charge in [0.2, 0.25) is 0 Å². The lowest BCUT2D eigenvalue weighted by atomic mass is 10.1. The molecule has 0 unspecified atom stereocenters. The molecule has 1 heterocycles. The van der Waals surface area contributed by atoms with Gasteiger partial charge in [0.05, 0.1) is 11.4 Å². The van der Waals surface area contributed by atoms with Crippen LogP contribution in [0.5, 0.6) is 5.75 Å². The average molecular weight is 216 g/mol. The molecule has 2 rings (SSSR count). The van der Waals surface area contributed by atoms with Crippen molar-refractivity contribution >= 4 is 0 Å². The van der Waals surface area contributed by atoms with Gasteiger partial charge >= 0.3 is 0 Å². The van der Waals surface area contributed by atoms with Crippen LogP contribution in [0.2, 0.25) is 0 Å². The van der Waals surface area contributed by atoms with Crippen LogP contribution in [0.3, 0.4) is 0 Å². The van der Waals surface area contributed by atoms with Crippen molar-refractivity contribution in [3.05, 3.63) is 41.7 Å². The van der Waals surface area contributed by atoms with Crippen LogP contribution in [-0.4, -0.2) is 14.9 Å². The topological polar surface area (TPSA) is 38.0 Å². The number of hydrogen-bond acceptors (Lipinski definition) is 2. The molecule has 1 N–H and O–H groups in total. The van der Waals surface area contributed by atoms with Gasteiger partial charge in [0.1, 0.15) is 5.69 Å². The van der Waals surface area contributed by atoms with Gasteiger partial charge in [0, 0.05) is 0 Å². The molecule has 0 aliphatic heterocycles. The molecule has 0 spiro atoms. The summed E-state index contributed by atoms with van der Waals surface area (Å²) in [6.45, 7) is 5.92. The van der Waals surface area contributed by atoms with E-state index in [4.69, 9.17) is 0 Å². The molecule has 2 aromatic rings. The summed E-state index contributed by atoms with van der Waals surface area (Å²) < 4.78 is 1.81. The molecule has 3 nitrogen and oxygen atoms in total. The minimum atomic E-state index is 0.237. The van der Waals surface area contributed by atoms with Crippen LogP contribution in [-0.2, 0) is 0 Å². The van der Waals surface area contributed by atoms with Gasteiger partial charge in [-0.3, -0.25) is 0 Å². The third-order valence-corrected chi connectivity index (χ3v) is 2.61. The van der Waals surface area contributed by atoms with E-state index in [0.29, 0.717) is 11.4 Å². The van der Waals surface area contributed by atoms with E-state index in [-0.39, 0.29) is 5.92 Å². The third kappa shape index (κ3) is 1.69. The van der Waals surface area contributed by atoms with Crippen LogP contribution >= 0.6 is 0 Å². The van der Waals surface area contributed by atoms with Gasteiger partial charge in [-0.2, -0.15) is 5.10 Å². The Hall–Kier alpha value is -1.77. The molecule has 0 radical (unpaired) electrons. The average Bonchev–Trinajstić information content (AvgIpc) is 2.57. The first-order valence-corrected chi connectivity index (χ1v) is 5.45. The van der Waals surface area contributed by atoms with E-state index < -0.39 is 0 Å². The molecule has 0 aliphatic carbocycles. The zero-order valence-corrected chi connectivity index (χ0v) is 9.81. The number of benzene rings is 1. The standard InChI is InChI=1S/C13H16N2O/c1-9(2)12-13(16)10(3)14-15(12)11-7-5-4-6-8-11/h4-9,16H,1-3H3. The van der Waals surface area contributed by atoms with Crippen LogP contribution in [0.1, 0.15) is 31.2 Å². The Bertz CT molecular complexity index is 486. The van der Waals surface area contributed by atoms with E-state index in [0.717, 1.165) is 11.4 Å². The molecule has 0 aliphatic rings. The predicted octanol–water partition coefficient (Wildman–Crippen LogP) is 3.01. The zero-order chi connectivity index (χ0) is 11.7. The Kier molecular flexibility index (Phi) is 2.69. The largest absolute Gasteiger partial charge is 0.504 e. The molecular formula is C13H16N2O. The van der Waals surface area contributed by atoms with Crippen LogP contribution in [0.4, 0.5) is 0 Å². The third-order valence-electron chi connectivity index (χ3n) is 2.61. The normalized spacial score (nSPS) is 11.0. The number of para-hydroxylation sites is 1. The van der Waals surface area contributed by atoms with Crippen molar-refractivity contribution in [2.45, 2.75) is 26.7 Å². The van der Waals surface area contributed by atoms with Gasteiger partial charge in [-0.1, -0.05) is 32.0 Å². The summed E-state index contributed by atoms with van der Waals surface area (Å²) in [5.41, 5.74) is 2.52. The maximum Gasteiger partial charge on any atom is 0.160 e. The van der Waals surface area contributed by atoms with E-state index in [1.54, 1.807) is 0 Å². The molecule has 0 fully saturated rings. The molecule has 0 bridgehead atoms. The summed E-state index contributed by atoms with van der Waals surface area (Å²) in [5.74, 6) is 0.542. The molecule has 0 atom stereocenters. The van der Waals surface area contributed by atoms with Crippen molar-refractivity contribution < 1.29 is 5.11 Å². The molecule has 3 heteroatoms. The van der Waals surface area contributed by atoms with Gasteiger partial charge in [0.25, 0.3) is 0 Å². The van der Waals surface area contributed by atoms with E-state index in [2.05, 4.69) is 18.9 Å². The lowest BCUT2D eigenvalue weighted by Crippen LogP contribution is -2.03. The van der Waals surface area contributed by atoms with Crippen molar-refractivity contribution in [3.8, 4) is 11.4 Å². The highest BCUT2D eigenvalue weighted by molar-refractivity contribution is 5.41.